The van der Waals surface area contributed by atoms with E-state index in [1.54, 1.807) is 0 Å². The molecule has 1 aromatic rings. The minimum Gasteiger partial charge on any atom is -0.472 e. The second-order valence-corrected chi connectivity index (χ2v) is 5.85. The second kappa shape index (κ2) is 3.84. The van der Waals surface area contributed by atoms with Crippen molar-refractivity contribution in [2.75, 3.05) is 0 Å². The van der Waals surface area contributed by atoms with Gasteiger partial charge in [0, 0.05) is 12.3 Å². The summed E-state index contributed by atoms with van der Waals surface area (Å²) in [4.78, 5) is 4.22. The quantitative estimate of drug-likeness (QED) is 0.702. The second-order valence-electron chi connectivity index (χ2n) is 5.85. The minimum atomic E-state index is -0.191. The van der Waals surface area contributed by atoms with E-state index in [1.807, 2.05) is 39.1 Å². The van der Waals surface area contributed by atoms with E-state index in [2.05, 4.69) is 25.8 Å². The smallest absolute Gasteiger partial charge is 0.213 e. The van der Waals surface area contributed by atoms with Crippen molar-refractivity contribution >= 4 is 0 Å². The van der Waals surface area contributed by atoms with E-state index >= 15 is 0 Å². The van der Waals surface area contributed by atoms with Crippen LogP contribution in [0, 0.1) is 0 Å². The van der Waals surface area contributed by atoms with Gasteiger partial charge >= 0.3 is 0 Å². The zero-order chi connectivity index (χ0) is 11.7. The maximum Gasteiger partial charge on any atom is 0.213 e. The van der Waals surface area contributed by atoms with Gasteiger partial charge in [0.1, 0.15) is 5.60 Å². The summed E-state index contributed by atoms with van der Waals surface area (Å²) in [7, 11) is 0. The Morgan fingerprint density at radius 3 is 2.13 bits per heavy atom. The van der Waals surface area contributed by atoms with Crippen molar-refractivity contribution in [2.45, 2.75) is 52.6 Å². The largest absolute Gasteiger partial charge is 0.472 e. The third-order valence-corrected chi connectivity index (χ3v) is 2.01. The van der Waals surface area contributed by atoms with Gasteiger partial charge in [-0.15, -0.1) is 0 Å². The zero-order valence-corrected chi connectivity index (χ0v) is 10.6. The molecule has 0 spiro atoms. The molecule has 0 aliphatic heterocycles. The first-order chi connectivity index (χ1) is 6.68. The molecule has 1 rings (SSSR count). The standard InChI is InChI=1S/C13H21NO/c1-12(2,3)10-7-8-14-11(9-10)15-13(4,5)6/h7-9H,1-6H3. The van der Waals surface area contributed by atoms with Gasteiger partial charge in [0.05, 0.1) is 0 Å². The molecule has 0 atom stereocenters. The molecule has 0 radical (unpaired) electrons. The van der Waals surface area contributed by atoms with Gasteiger partial charge in [-0.3, -0.25) is 0 Å². The molecule has 0 fully saturated rings. The first kappa shape index (κ1) is 12.0. The molecule has 0 N–H and O–H groups in total. The highest BCUT2D eigenvalue weighted by molar-refractivity contribution is 5.26. The molecule has 84 valence electrons. The summed E-state index contributed by atoms with van der Waals surface area (Å²) >= 11 is 0. The highest BCUT2D eigenvalue weighted by Gasteiger charge is 2.17. The van der Waals surface area contributed by atoms with Gasteiger partial charge in [0.25, 0.3) is 0 Å². The van der Waals surface area contributed by atoms with Crippen LogP contribution in [0.5, 0.6) is 5.88 Å². The van der Waals surface area contributed by atoms with Crippen molar-refractivity contribution in [3.63, 3.8) is 0 Å². The topological polar surface area (TPSA) is 22.1 Å². The molecule has 0 aliphatic carbocycles. The van der Waals surface area contributed by atoms with Crippen LogP contribution in [0.1, 0.15) is 47.1 Å². The van der Waals surface area contributed by atoms with Crippen LogP contribution < -0.4 is 4.74 Å². The summed E-state index contributed by atoms with van der Waals surface area (Å²) in [6.07, 6.45) is 1.81. The highest BCUT2D eigenvalue weighted by atomic mass is 16.5. The first-order valence-electron chi connectivity index (χ1n) is 5.34. The average molecular weight is 207 g/mol. The van der Waals surface area contributed by atoms with Crippen LogP contribution in [0.2, 0.25) is 0 Å². The Kier molecular flexibility index (Phi) is 3.08. The van der Waals surface area contributed by atoms with Crippen LogP contribution in [0.3, 0.4) is 0 Å². The van der Waals surface area contributed by atoms with Crippen LogP contribution in [0.15, 0.2) is 18.3 Å². The van der Waals surface area contributed by atoms with E-state index in [1.165, 1.54) is 5.56 Å². The molecular weight excluding hydrogens is 186 g/mol. The lowest BCUT2D eigenvalue weighted by atomic mass is 9.88. The number of hydrogen-bond acceptors (Lipinski definition) is 2. The summed E-state index contributed by atoms with van der Waals surface area (Å²) in [5.74, 6) is 0.704. The van der Waals surface area contributed by atoms with Crippen molar-refractivity contribution in [1.29, 1.82) is 0 Å². The van der Waals surface area contributed by atoms with Gasteiger partial charge in [-0.2, -0.15) is 0 Å². The summed E-state index contributed by atoms with van der Waals surface area (Å²) in [6, 6.07) is 4.06. The Bertz CT molecular complexity index is 331. The SMILES string of the molecule is CC(C)(C)Oc1cc(C(C)(C)C)ccn1. The predicted octanol–water partition coefficient (Wildman–Crippen LogP) is 3.56. The molecule has 0 aromatic carbocycles. The third kappa shape index (κ3) is 3.90. The number of ether oxygens (including phenoxy) is 1. The number of rotatable bonds is 1. The van der Waals surface area contributed by atoms with Crippen molar-refractivity contribution in [2.24, 2.45) is 0 Å². The molecule has 0 amide bonds. The molecule has 15 heavy (non-hydrogen) atoms. The molecule has 1 heterocycles. The third-order valence-electron chi connectivity index (χ3n) is 2.01. The van der Waals surface area contributed by atoms with E-state index in [4.69, 9.17) is 4.74 Å². The van der Waals surface area contributed by atoms with E-state index < -0.39 is 0 Å². The Morgan fingerprint density at radius 1 is 1.07 bits per heavy atom. The Hall–Kier alpha value is -1.05. The van der Waals surface area contributed by atoms with Gasteiger partial charge < -0.3 is 4.74 Å². The summed E-state index contributed by atoms with van der Waals surface area (Å²) in [5, 5.41) is 0. The van der Waals surface area contributed by atoms with Crippen molar-refractivity contribution in [3.8, 4) is 5.88 Å². The molecule has 1 aromatic heterocycles. The lowest BCUT2D eigenvalue weighted by Gasteiger charge is -2.23. The summed E-state index contributed by atoms with van der Waals surface area (Å²) in [5.41, 5.74) is 1.19. The maximum atomic E-state index is 5.73. The van der Waals surface area contributed by atoms with Crippen LogP contribution in [-0.4, -0.2) is 10.6 Å². The Balaban J connectivity index is 2.94. The fraction of sp³-hybridized carbons (Fsp3) is 0.615. The lowest BCUT2D eigenvalue weighted by Crippen LogP contribution is -2.24. The lowest BCUT2D eigenvalue weighted by molar-refractivity contribution is 0.124. The molecule has 2 nitrogen and oxygen atoms in total. The predicted molar refractivity (Wildman–Crippen MR) is 63.3 cm³/mol. The Labute approximate surface area is 92.7 Å². The zero-order valence-electron chi connectivity index (χ0n) is 10.6. The Morgan fingerprint density at radius 2 is 1.67 bits per heavy atom. The molecule has 0 saturated heterocycles. The average Bonchev–Trinajstić information content (AvgIpc) is 1.99. The normalized spacial score (nSPS) is 12.7. The maximum absolute atomic E-state index is 5.73. The van der Waals surface area contributed by atoms with E-state index in [0.29, 0.717) is 5.88 Å². The molecule has 0 bridgehead atoms. The van der Waals surface area contributed by atoms with Crippen LogP contribution in [0.4, 0.5) is 0 Å². The molecule has 0 unspecified atom stereocenters. The monoisotopic (exact) mass is 207 g/mol. The van der Waals surface area contributed by atoms with E-state index in [9.17, 15) is 0 Å². The van der Waals surface area contributed by atoms with Crippen LogP contribution >= 0.6 is 0 Å². The van der Waals surface area contributed by atoms with Crippen LogP contribution in [-0.2, 0) is 5.41 Å². The molecule has 0 aliphatic rings. The summed E-state index contributed by atoms with van der Waals surface area (Å²) < 4.78 is 5.73. The van der Waals surface area contributed by atoms with Gasteiger partial charge in [-0.25, -0.2) is 4.98 Å². The molecule has 0 saturated carbocycles. The minimum absolute atomic E-state index is 0.138. The van der Waals surface area contributed by atoms with Gasteiger partial charge in [0.2, 0.25) is 5.88 Å². The van der Waals surface area contributed by atoms with E-state index in [0.717, 1.165) is 0 Å². The van der Waals surface area contributed by atoms with Crippen LogP contribution in [0.25, 0.3) is 0 Å². The van der Waals surface area contributed by atoms with Crippen molar-refractivity contribution < 1.29 is 4.74 Å². The van der Waals surface area contributed by atoms with Gasteiger partial charge in [0.15, 0.2) is 0 Å². The highest BCUT2D eigenvalue weighted by Crippen LogP contribution is 2.25. The van der Waals surface area contributed by atoms with Crippen molar-refractivity contribution in [1.82, 2.24) is 4.98 Å². The van der Waals surface area contributed by atoms with Gasteiger partial charge in [-0.05, 0) is 37.8 Å². The number of nitrogens with zero attached hydrogens (tertiary/aromatic N) is 1. The fourth-order valence-corrected chi connectivity index (χ4v) is 1.25. The summed E-state index contributed by atoms with van der Waals surface area (Å²) in [6.45, 7) is 12.6. The number of pyridine rings is 1. The first-order valence-corrected chi connectivity index (χ1v) is 5.34. The van der Waals surface area contributed by atoms with Gasteiger partial charge in [-0.1, -0.05) is 20.8 Å². The molecule has 2 heteroatoms. The van der Waals surface area contributed by atoms with Crippen molar-refractivity contribution in [3.05, 3.63) is 23.9 Å². The number of aromatic nitrogens is 1. The molecular formula is C13H21NO. The fourth-order valence-electron chi connectivity index (χ4n) is 1.25. The van der Waals surface area contributed by atoms with E-state index in [-0.39, 0.29) is 11.0 Å². The number of hydrogen-bond donors (Lipinski definition) is 0.